The lowest BCUT2D eigenvalue weighted by Gasteiger charge is -2.07. The van der Waals surface area contributed by atoms with Crippen LogP contribution in [-0.2, 0) is 21.2 Å². The molecule has 0 aliphatic rings. The maximum absolute atomic E-state index is 12.2. The molecule has 0 spiro atoms. The Hall–Kier alpha value is -3.04. The van der Waals surface area contributed by atoms with Gasteiger partial charge in [0.05, 0.1) is 16.7 Å². The molecule has 146 valence electrons. The predicted octanol–water partition coefficient (Wildman–Crippen LogP) is 2.07. The molecule has 0 aliphatic carbocycles. The minimum Gasteiger partial charge on any atom is -0.457 e. The number of ether oxygens (including phenoxy) is 1. The summed E-state index contributed by atoms with van der Waals surface area (Å²) in [5.74, 6) is -0.162. The van der Waals surface area contributed by atoms with Crippen molar-refractivity contribution < 1.29 is 17.9 Å². The second-order valence-electron chi connectivity index (χ2n) is 6.42. The van der Waals surface area contributed by atoms with Crippen LogP contribution in [0.15, 0.2) is 59.5 Å². The van der Waals surface area contributed by atoms with E-state index in [9.17, 15) is 13.2 Å². The molecule has 28 heavy (non-hydrogen) atoms. The molecule has 8 nitrogen and oxygen atoms in total. The Morgan fingerprint density at radius 1 is 1.11 bits per heavy atom. The molecule has 0 amide bonds. The topological polar surface area (TPSA) is 117 Å². The Morgan fingerprint density at radius 3 is 2.32 bits per heavy atom. The quantitative estimate of drug-likeness (QED) is 0.633. The minimum atomic E-state index is -3.80. The highest BCUT2D eigenvalue weighted by molar-refractivity contribution is 7.89. The number of hydrogen-bond acceptors (Lipinski definition) is 6. The first kappa shape index (κ1) is 19.7. The van der Waals surface area contributed by atoms with E-state index in [1.165, 1.54) is 16.8 Å². The van der Waals surface area contributed by atoms with Gasteiger partial charge >= 0.3 is 5.97 Å². The van der Waals surface area contributed by atoms with Crippen LogP contribution in [0.2, 0.25) is 0 Å². The third-order valence-corrected chi connectivity index (χ3v) is 4.74. The molecular weight excluding hydrogens is 380 g/mol. The van der Waals surface area contributed by atoms with E-state index in [0.717, 1.165) is 5.56 Å². The van der Waals surface area contributed by atoms with Crippen molar-refractivity contribution in [2.75, 3.05) is 0 Å². The Morgan fingerprint density at radius 2 is 1.75 bits per heavy atom. The lowest BCUT2D eigenvalue weighted by Crippen LogP contribution is -2.13. The van der Waals surface area contributed by atoms with Crippen LogP contribution in [0.3, 0.4) is 0 Å². The smallest absolute Gasteiger partial charge is 0.378 e. The molecule has 2 aromatic carbocycles. The standard InChI is InChI=1S/C19H20N4O4S/c1-13(2)27-19(24)18-21-17(12-14-6-4-3-5-7-14)23(22-18)15-8-10-16(11-9-15)28(20,25)26/h3-11,13H,12H2,1-2H3,(H2,20,25,26). The van der Waals surface area contributed by atoms with Gasteiger partial charge in [-0.1, -0.05) is 30.3 Å². The molecule has 0 bridgehead atoms. The normalized spacial score (nSPS) is 11.6. The first-order valence-corrected chi connectivity index (χ1v) is 10.1. The summed E-state index contributed by atoms with van der Waals surface area (Å²) in [7, 11) is -3.80. The summed E-state index contributed by atoms with van der Waals surface area (Å²) in [6.07, 6.45) is 0.130. The molecule has 0 radical (unpaired) electrons. The molecule has 0 fully saturated rings. The van der Waals surface area contributed by atoms with Gasteiger partial charge in [-0.15, -0.1) is 5.10 Å². The highest BCUT2D eigenvalue weighted by Crippen LogP contribution is 2.17. The first-order valence-electron chi connectivity index (χ1n) is 8.58. The minimum absolute atomic E-state index is 0.0135. The maximum Gasteiger partial charge on any atom is 0.378 e. The molecule has 0 aliphatic heterocycles. The number of rotatable bonds is 6. The number of sulfonamides is 1. The van der Waals surface area contributed by atoms with E-state index in [1.54, 1.807) is 26.0 Å². The number of nitrogens with zero attached hydrogens (tertiary/aromatic N) is 3. The van der Waals surface area contributed by atoms with Gasteiger partial charge in [-0.2, -0.15) is 0 Å². The van der Waals surface area contributed by atoms with Gasteiger partial charge in [-0.05, 0) is 43.7 Å². The van der Waals surface area contributed by atoms with Crippen molar-refractivity contribution in [1.29, 1.82) is 0 Å². The number of primary sulfonamides is 1. The third-order valence-electron chi connectivity index (χ3n) is 3.81. The number of benzene rings is 2. The van der Waals surface area contributed by atoms with E-state index >= 15 is 0 Å². The van der Waals surface area contributed by atoms with Gasteiger partial charge in [0.15, 0.2) is 0 Å². The number of nitrogens with two attached hydrogens (primary N) is 1. The highest BCUT2D eigenvalue weighted by Gasteiger charge is 2.20. The van der Waals surface area contributed by atoms with Gasteiger partial charge in [-0.3, -0.25) is 0 Å². The maximum atomic E-state index is 12.2. The van der Waals surface area contributed by atoms with Crippen LogP contribution in [0, 0.1) is 0 Å². The van der Waals surface area contributed by atoms with E-state index in [-0.39, 0.29) is 16.8 Å². The van der Waals surface area contributed by atoms with Gasteiger partial charge in [0, 0.05) is 6.42 Å². The second-order valence-corrected chi connectivity index (χ2v) is 7.98. The van der Waals surface area contributed by atoms with E-state index in [2.05, 4.69) is 10.1 Å². The molecule has 1 aromatic heterocycles. The van der Waals surface area contributed by atoms with Crippen LogP contribution < -0.4 is 5.14 Å². The fourth-order valence-corrected chi connectivity index (χ4v) is 3.09. The number of esters is 1. The van der Waals surface area contributed by atoms with E-state index in [4.69, 9.17) is 9.88 Å². The molecule has 3 aromatic rings. The van der Waals surface area contributed by atoms with Gasteiger partial charge in [0.2, 0.25) is 10.0 Å². The highest BCUT2D eigenvalue weighted by atomic mass is 32.2. The van der Waals surface area contributed by atoms with Crippen molar-refractivity contribution in [2.24, 2.45) is 5.14 Å². The molecule has 3 rings (SSSR count). The van der Waals surface area contributed by atoms with Crippen molar-refractivity contribution in [3.8, 4) is 5.69 Å². The summed E-state index contributed by atoms with van der Waals surface area (Å²) in [4.78, 5) is 16.6. The van der Waals surface area contributed by atoms with E-state index < -0.39 is 16.0 Å². The largest absolute Gasteiger partial charge is 0.457 e. The van der Waals surface area contributed by atoms with Crippen molar-refractivity contribution in [3.05, 3.63) is 71.8 Å². The lowest BCUT2D eigenvalue weighted by molar-refractivity contribution is 0.0363. The van der Waals surface area contributed by atoms with Crippen LogP contribution in [0.25, 0.3) is 5.69 Å². The van der Waals surface area contributed by atoms with Gasteiger partial charge in [-0.25, -0.2) is 28.0 Å². The first-order chi connectivity index (χ1) is 13.2. The average molecular weight is 400 g/mol. The summed E-state index contributed by atoms with van der Waals surface area (Å²) < 4.78 is 29.6. The van der Waals surface area contributed by atoms with Crippen LogP contribution in [-0.4, -0.2) is 35.3 Å². The summed E-state index contributed by atoms with van der Waals surface area (Å²) in [5, 5.41) is 9.42. The molecule has 0 saturated heterocycles. The fourth-order valence-electron chi connectivity index (χ4n) is 2.57. The summed E-state index contributed by atoms with van der Waals surface area (Å²) >= 11 is 0. The monoisotopic (exact) mass is 400 g/mol. The number of aromatic nitrogens is 3. The Bertz CT molecular complexity index is 1070. The molecule has 2 N–H and O–H groups in total. The van der Waals surface area contributed by atoms with Crippen molar-refractivity contribution in [1.82, 2.24) is 14.8 Å². The Kier molecular flexibility index (Phi) is 5.57. The lowest BCUT2D eigenvalue weighted by atomic mass is 10.1. The summed E-state index contributed by atoms with van der Waals surface area (Å²) in [6.45, 7) is 3.48. The predicted molar refractivity (Wildman–Crippen MR) is 103 cm³/mol. The van der Waals surface area contributed by atoms with Gasteiger partial charge in [0.25, 0.3) is 5.82 Å². The fraction of sp³-hybridized carbons (Fsp3) is 0.211. The van der Waals surface area contributed by atoms with Crippen LogP contribution in [0.1, 0.15) is 35.9 Å². The van der Waals surface area contributed by atoms with Gasteiger partial charge in [0.1, 0.15) is 5.82 Å². The second kappa shape index (κ2) is 7.91. The van der Waals surface area contributed by atoms with Crippen molar-refractivity contribution in [3.63, 3.8) is 0 Å². The summed E-state index contributed by atoms with van der Waals surface area (Å²) in [5.41, 5.74) is 1.54. The molecule has 0 atom stereocenters. The zero-order chi connectivity index (χ0) is 20.3. The number of hydrogen-bond donors (Lipinski definition) is 1. The molecular formula is C19H20N4O4S. The Labute approximate surface area is 163 Å². The van der Waals surface area contributed by atoms with E-state index in [1.807, 2.05) is 30.3 Å². The SMILES string of the molecule is CC(C)OC(=O)c1nc(Cc2ccccc2)n(-c2ccc(S(N)(=O)=O)cc2)n1. The molecule has 0 saturated carbocycles. The average Bonchev–Trinajstić information content (AvgIpc) is 3.05. The van der Waals surface area contributed by atoms with Crippen molar-refractivity contribution in [2.45, 2.75) is 31.3 Å². The number of carbonyl (C=O) groups excluding carboxylic acids is 1. The zero-order valence-corrected chi connectivity index (χ0v) is 16.3. The molecule has 1 heterocycles. The van der Waals surface area contributed by atoms with Crippen LogP contribution in [0.5, 0.6) is 0 Å². The molecule has 9 heteroatoms. The van der Waals surface area contributed by atoms with Crippen LogP contribution >= 0.6 is 0 Å². The molecule has 0 unspecified atom stereocenters. The third kappa shape index (κ3) is 4.62. The van der Waals surface area contributed by atoms with Crippen LogP contribution in [0.4, 0.5) is 0 Å². The zero-order valence-electron chi connectivity index (χ0n) is 15.4. The summed E-state index contributed by atoms with van der Waals surface area (Å²) in [6, 6.07) is 15.5. The Balaban J connectivity index is 2.02. The van der Waals surface area contributed by atoms with Gasteiger partial charge < -0.3 is 4.74 Å². The van der Waals surface area contributed by atoms with Crippen molar-refractivity contribution >= 4 is 16.0 Å². The number of carbonyl (C=O) groups is 1. The van der Waals surface area contributed by atoms with E-state index in [0.29, 0.717) is 17.9 Å².